The van der Waals surface area contributed by atoms with E-state index in [0.29, 0.717) is 33.9 Å². The highest BCUT2D eigenvalue weighted by atomic mass is 16.5. The number of anilines is 1. The van der Waals surface area contributed by atoms with E-state index >= 15 is 0 Å². The first-order valence-corrected chi connectivity index (χ1v) is 11.2. The van der Waals surface area contributed by atoms with E-state index in [4.69, 9.17) is 14.2 Å². The number of benzene rings is 3. The molecule has 0 spiro atoms. The topological polar surface area (TPSA) is 65.1 Å². The van der Waals surface area contributed by atoms with E-state index in [1.165, 1.54) is 7.11 Å². The zero-order valence-corrected chi connectivity index (χ0v) is 19.8. The highest BCUT2D eigenvalue weighted by Crippen LogP contribution is 2.39. The maximum absolute atomic E-state index is 12.9. The number of nitrogens with zero attached hydrogens (tertiary/aromatic N) is 1. The fourth-order valence-electron chi connectivity index (χ4n) is 3.91. The molecule has 1 aliphatic rings. The van der Waals surface area contributed by atoms with Crippen molar-refractivity contribution < 1.29 is 23.8 Å². The molecule has 0 saturated heterocycles. The van der Waals surface area contributed by atoms with Crippen molar-refractivity contribution >= 4 is 23.5 Å². The molecule has 3 aromatic carbocycles. The summed E-state index contributed by atoms with van der Waals surface area (Å²) in [5.74, 6) is 0.835. The molecule has 0 fully saturated rings. The lowest BCUT2D eigenvalue weighted by Gasteiger charge is -2.20. The summed E-state index contributed by atoms with van der Waals surface area (Å²) in [6, 6.07) is 18.0. The van der Waals surface area contributed by atoms with Gasteiger partial charge < -0.3 is 19.1 Å². The number of rotatable bonds is 7. The molecule has 0 aromatic heterocycles. The molecule has 3 aromatic rings. The minimum Gasteiger partial charge on any atom is -0.497 e. The minimum atomic E-state index is -0.518. The fourth-order valence-corrected chi connectivity index (χ4v) is 3.91. The third-order valence-electron chi connectivity index (χ3n) is 5.86. The van der Waals surface area contributed by atoms with Crippen LogP contribution in [-0.2, 0) is 0 Å². The van der Waals surface area contributed by atoms with Crippen LogP contribution in [0.2, 0.25) is 0 Å². The van der Waals surface area contributed by atoms with Gasteiger partial charge in [-0.25, -0.2) is 4.79 Å². The van der Waals surface area contributed by atoms with Crippen LogP contribution in [0.5, 0.6) is 17.2 Å². The molecule has 0 saturated carbocycles. The van der Waals surface area contributed by atoms with Crippen molar-refractivity contribution in [3.8, 4) is 17.2 Å². The molecule has 1 aliphatic heterocycles. The number of methoxy groups -OCH3 is 1. The monoisotopic (exact) mass is 457 g/mol. The largest absolute Gasteiger partial charge is 0.497 e. The molecule has 0 aliphatic carbocycles. The lowest BCUT2D eigenvalue weighted by molar-refractivity contribution is 0.0732. The summed E-state index contributed by atoms with van der Waals surface area (Å²) in [6.07, 6.45) is 1.73. The Kier molecular flexibility index (Phi) is 6.68. The lowest BCUT2D eigenvalue weighted by atomic mass is 10.1. The first kappa shape index (κ1) is 23.1. The Hall–Kier alpha value is -4.06. The van der Waals surface area contributed by atoms with Crippen LogP contribution in [-0.4, -0.2) is 32.0 Å². The number of esters is 1. The molecular weight excluding hydrogens is 430 g/mol. The summed E-state index contributed by atoms with van der Waals surface area (Å²) >= 11 is 0. The first-order chi connectivity index (χ1) is 16.4. The minimum absolute atomic E-state index is 0.198. The van der Waals surface area contributed by atoms with Crippen LogP contribution in [0.3, 0.4) is 0 Å². The number of hydrogen-bond donors (Lipinski definition) is 0. The third-order valence-corrected chi connectivity index (χ3v) is 5.86. The molecule has 0 bridgehead atoms. The maximum atomic E-state index is 12.9. The quantitative estimate of drug-likeness (QED) is 0.258. The SMILES string of the molecule is CCN(CC)c1ccc(/C=C2\Oc3c(ccc(OC(=O)c4cccc(OC)c4)c3C)C2=O)cc1. The summed E-state index contributed by atoms with van der Waals surface area (Å²) in [5, 5.41) is 0. The molecule has 0 amide bonds. The van der Waals surface area contributed by atoms with Crippen molar-refractivity contribution in [3.63, 3.8) is 0 Å². The second kappa shape index (κ2) is 9.83. The molecule has 0 radical (unpaired) electrons. The average molecular weight is 458 g/mol. The number of ketones is 1. The predicted molar refractivity (Wildman–Crippen MR) is 132 cm³/mol. The van der Waals surface area contributed by atoms with Gasteiger partial charge in [0, 0.05) is 24.3 Å². The molecule has 0 N–H and O–H groups in total. The highest BCUT2D eigenvalue weighted by Gasteiger charge is 2.30. The summed E-state index contributed by atoms with van der Waals surface area (Å²) in [7, 11) is 1.54. The van der Waals surface area contributed by atoms with E-state index in [-0.39, 0.29) is 11.5 Å². The van der Waals surface area contributed by atoms with Crippen LogP contribution in [0.4, 0.5) is 5.69 Å². The number of Topliss-reactive ketones (excluding diaryl/α,β-unsaturated/α-hetero) is 1. The molecule has 4 rings (SSSR count). The average Bonchev–Trinajstić information content (AvgIpc) is 3.18. The summed E-state index contributed by atoms with van der Waals surface area (Å²) < 4.78 is 16.7. The van der Waals surface area contributed by atoms with Crippen LogP contribution >= 0.6 is 0 Å². The van der Waals surface area contributed by atoms with Gasteiger partial charge in [-0.15, -0.1) is 0 Å². The van der Waals surface area contributed by atoms with E-state index in [0.717, 1.165) is 24.3 Å². The van der Waals surface area contributed by atoms with Crippen LogP contribution < -0.4 is 19.1 Å². The van der Waals surface area contributed by atoms with Crippen molar-refractivity contribution in [1.82, 2.24) is 0 Å². The van der Waals surface area contributed by atoms with Gasteiger partial charge >= 0.3 is 5.97 Å². The summed E-state index contributed by atoms with van der Waals surface area (Å²) in [6.45, 7) is 7.86. The smallest absolute Gasteiger partial charge is 0.343 e. The Morgan fingerprint density at radius 1 is 1.03 bits per heavy atom. The number of hydrogen-bond acceptors (Lipinski definition) is 6. The van der Waals surface area contributed by atoms with E-state index in [1.54, 1.807) is 49.4 Å². The Bertz CT molecular complexity index is 1260. The number of carbonyl (C=O) groups is 2. The Morgan fingerprint density at radius 2 is 1.76 bits per heavy atom. The van der Waals surface area contributed by atoms with Gasteiger partial charge in [0.1, 0.15) is 17.2 Å². The number of fused-ring (bicyclic) bond motifs is 1. The third kappa shape index (κ3) is 4.53. The molecule has 6 heteroatoms. The van der Waals surface area contributed by atoms with Gasteiger partial charge in [-0.3, -0.25) is 4.79 Å². The van der Waals surface area contributed by atoms with Crippen LogP contribution in [0.1, 0.15) is 45.7 Å². The Balaban J connectivity index is 1.55. The zero-order valence-electron chi connectivity index (χ0n) is 19.8. The molecule has 1 heterocycles. The Labute approximate surface area is 199 Å². The van der Waals surface area contributed by atoms with Crippen molar-refractivity contribution in [2.45, 2.75) is 20.8 Å². The lowest BCUT2D eigenvalue weighted by Crippen LogP contribution is -2.21. The van der Waals surface area contributed by atoms with E-state index in [2.05, 4.69) is 18.7 Å². The van der Waals surface area contributed by atoms with Crippen LogP contribution in [0, 0.1) is 6.92 Å². The summed E-state index contributed by atoms with van der Waals surface area (Å²) in [4.78, 5) is 27.8. The Morgan fingerprint density at radius 3 is 2.44 bits per heavy atom. The molecule has 0 atom stereocenters. The second-order valence-electron chi connectivity index (χ2n) is 7.89. The van der Waals surface area contributed by atoms with Crippen LogP contribution in [0.25, 0.3) is 6.08 Å². The summed E-state index contributed by atoms with van der Waals surface area (Å²) in [5.41, 5.74) is 3.40. The van der Waals surface area contributed by atoms with Crippen molar-refractivity contribution in [3.05, 3.63) is 88.7 Å². The molecular formula is C28H27NO5. The van der Waals surface area contributed by atoms with Gasteiger partial charge in [-0.05, 0) is 74.9 Å². The zero-order chi connectivity index (χ0) is 24.2. The van der Waals surface area contributed by atoms with Crippen LogP contribution in [0.15, 0.2) is 66.4 Å². The molecule has 174 valence electrons. The highest BCUT2D eigenvalue weighted by molar-refractivity contribution is 6.15. The second-order valence-corrected chi connectivity index (χ2v) is 7.89. The van der Waals surface area contributed by atoms with Gasteiger partial charge in [-0.2, -0.15) is 0 Å². The van der Waals surface area contributed by atoms with E-state index in [1.807, 2.05) is 24.3 Å². The number of carbonyl (C=O) groups excluding carboxylic acids is 2. The van der Waals surface area contributed by atoms with Crippen molar-refractivity contribution in [2.24, 2.45) is 0 Å². The molecule has 34 heavy (non-hydrogen) atoms. The van der Waals surface area contributed by atoms with E-state index in [9.17, 15) is 9.59 Å². The predicted octanol–water partition coefficient (Wildman–Crippen LogP) is 5.69. The van der Waals surface area contributed by atoms with Gasteiger partial charge in [0.15, 0.2) is 5.76 Å². The number of allylic oxidation sites excluding steroid dienone is 1. The number of ether oxygens (including phenoxy) is 3. The fraction of sp³-hybridized carbons (Fsp3) is 0.214. The normalized spacial score (nSPS) is 13.4. The van der Waals surface area contributed by atoms with Gasteiger partial charge in [0.25, 0.3) is 0 Å². The van der Waals surface area contributed by atoms with Crippen molar-refractivity contribution in [1.29, 1.82) is 0 Å². The first-order valence-electron chi connectivity index (χ1n) is 11.2. The van der Waals surface area contributed by atoms with Gasteiger partial charge in [0.2, 0.25) is 5.78 Å². The van der Waals surface area contributed by atoms with Crippen molar-refractivity contribution in [2.75, 3.05) is 25.1 Å². The standard InChI is InChI=1S/C28H27NO5/c1-5-29(6-2)21-12-10-19(11-13-21)16-25-26(30)23-14-15-24(18(3)27(23)33-25)34-28(31)20-8-7-9-22(17-20)32-4/h7-17H,5-6H2,1-4H3/b25-16-. The molecule has 6 nitrogen and oxygen atoms in total. The maximum Gasteiger partial charge on any atom is 0.343 e. The van der Waals surface area contributed by atoms with Gasteiger partial charge in [-0.1, -0.05) is 18.2 Å². The van der Waals surface area contributed by atoms with E-state index < -0.39 is 5.97 Å². The van der Waals surface area contributed by atoms with Gasteiger partial charge in [0.05, 0.1) is 18.2 Å². The molecule has 0 unspecified atom stereocenters.